The molecule has 0 aliphatic carbocycles. The summed E-state index contributed by atoms with van der Waals surface area (Å²) in [6.45, 7) is 5.57. The van der Waals surface area contributed by atoms with E-state index in [-0.39, 0.29) is 30.4 Å². The number of hydrogen-bond donors (Lipinski definition) is 1. The van der Waals surface area contributed by atoms with Crippen molar-refractivity contribution in [3.8, 4) is 0 Å². The molecule has 1 fully saturated rings. The van der Waals surface area contributed by atoms with Crippen LogP contribution in [0.4, 0.5) is 0 Å². The number of carbonyl (C=O) groups is 1. The van der Waals surface area contributed by atoms with Gasteiger partial charge in [-0.1, -0.05) is 0 Å². The van der Waals surface area contributed by atoms with Gasteiger partial charge in [-0.2, -0.15) is 5.10 Å². The predicted molar refractivity (Wildman–Crippen MR) is 77.5 cm³/mol. The van der Waals surface area contributed by atoms with Crippen LogP contribution in [0.5, 0.6) is 0 Å². The fourth-order valence-electron chi connectivity index (χ4n) is 2.57. The second-order valence-corrected chi connectivity index (χ2v) is 5.01. The molecule has 1 aliphatic rings. The first-order valence-corrected chi connectivity index (χ1v) is 6.72. The topological polar surface area (TPSA) is 64.2 Å². The van der Waals surface area contributed by atoms with Gasteiger partial charge < -0.3 is 10.6 Å². The summed E-state index contributed by atoms with van der Waals surface area (Å²) in [6.07, 6.45) is 6.69. The Bertz CT molecular complexity index is 419. The fourth-order valence-corrected chi connectivity index (χ4v) is 2.57. The van der Waals surface area contributed by atoms with Gasteiger partial charge in [-0.05, 0) is 33.1 Å². The maximum atomic E-state index is 12.5. The molecule has 108 valence electrons. The van der Waals surface area contributed by atoms with Crippen LogP contribution in [0.3, 0.4) is 0 Å². The van der Waals surface area contributed by atoms with E-state index < -0.39 is 0 Å². The summed E-state index contributed by atoms with van der Waals surface area (Å²) in [4.78, 5) is 14.4. The number of amides is 1. The number of hydrogen-bond acceptors (Lipinski definition) is 3. The van der Waals surface area contributed by atoms with Gasteiger partial charge in [-0.25, -0.2) is 0 Å². The van der Waals surface area contributed by atoms with E-state index in [1.165, 1.54) is 0 Å². The van der Waals surface area contributed by atoms with Crippen molar-refractivity contribution in [2.24, 2.45) is 5.73 Å². The molecule has 1 aromatic rings. The van der Waals surface area contributed by atoms with E-state index in [1.807, 2.05) is 24.9 Å². The molecule has 2 unspecified atom stereocenters. The minimum absolute atomic E-state index is 0. The van der Waals surface area contributed by atoms with Crippen LogP contribution in [0, 0.1) is 0 Å². The summed E-state index contributed by atoms with van der Waals surface area (Å²) in [7, 11) is 0. The molecule has 2 heterocycles. The van der Waals surface area contributed by atoms with Crippen molar-refractivity contribution in [3.63, 3.8) is 0 Å². The minimum atomic E-state index is 0. The molecular formula is C13H23ClN4O. The zero-order valence-corrected chi connectivity index (χ0v) is 12.4. The number of halogens is 1. The Morgan fingerprint density at radius 2 is 2.32 bits per heavy atom. The Hall–Kier alpha value is -1.07. The number of rotatable bonds is 3. The second-order valence-electron chi connectivity index (χ2n) is 5.01. The number of carbonyl (C=O) groups excluding carboxylic acids is 1. The molecule has 19 heavy (non-hydrogen) atoms. The minimum Gasteiger partial charge on any atom is -0.334 e. The summed E-state index contributed by atoms with van der Waals surface area (Å²) >= 11 is 0. The van der Waals surface area contributed by atoms with E-state index in [9.17, 15) is 4.79 Å². The van der Waals surface area contributed by atoms with Crippen molar-refractivity contribution in [1.82, 2.24) is 14.7 Å². The third-order valence-corrected chi connectivity index (χ3v) is 3.62. The summed E-state index contributed by atoms with van der Waals surface area (Å²) in [5.74, 6) is 0.0664. The van der Waals surface area contributed by atoms with Crippen molar-refractivity contribution in [1.29, 1.82) is 0 Å². The lowest BCUT2D eigenvalue weighted by Crippen LogP contribution is -2.51. The zero-order chi connectivity index (χ0) is 13.1. The Morgan fingerprint density at radius 3 is 2.89 bits per heavy atom. The summed E-state index contributed by atoms with van der Waals surface area (Å²) in [5, 5.41) is 4.16. The Kier molecular flexibility index (Phi) is 5.82. The summed E-state index contributed by atoms with van der Waals surface area (Å²) < 4.78 is 1.78. The number of nitrogens with two attached hydrogens (primary N) is 1. The highest BCUT2D eigenvalue weighted by Gasteiger charge is 2.30. The van der Waals surface area contributed by atoms with Crippen molar-refractivity contribution >= 4 is 18.3 Å². The van der Waals surface area contributed by atoms with Crippen molar-refractivity contribution in [2.45, 2.75) is 51.7 Å². The van der Waals surface area contributed by atoms with Gasteiger partial charge in [0.25, 0.3) is 5.91 Å². The standard InChI is InChI=1S/C13H22N4O.ClH/c1-3-16-9-11(8-15-16)13(18)17-7-5-4-6-12(17)10(2)14;/h8-10,12H,3-7,14H2,1-2H3;1H. The molecule has 0 saturated carbocycles. The average molecular weight is 287 g/mol. The lowest BCUT2D eigenvalue weighted by Gasteiger charge is -2.37. The maximum absolute atomic E-state index is 12.5. The van der Waals surface area contributed by atoms with Crippen molar-refractivity contribution in [2.75, 3.05) is 6.54 Å². The first-order valence-electron chi connectivity index (χ1n) is 6.72. The van der Waals surface area contributed by atoms with Crippen LogP contribution in [-0.2, 0) is 6.54 Å². The molecule has 5 nitrogen and oxygen atoms in total. The van der Waals surface area contributed by atoms with Gasteiger partial charge in [0.2, 0.25) is 0 Å². The van der Waals surface area contributed by atoms with Crippen LogP contribution in [0.1, 0.15) is 43.5 Å². The normalized spacial score (nSPS) is 20.8. The molecule has 1 saturated heterocycles. The molecular weight excluding hydrogens is 264 g/mol. The summed E-state index contributed by atoms with van der Waals surface area (Å²) in [6, 6.07) is 0.187. The van der Waals surface area contributed by atoms with Crippen LogP contribution >= 0.6 is 12.4 Å². The second kappa shape index (κ2) is 6.91. The Balaban J connectivity index is 0.00000180. The number of piperidine rings is 1. The van der Waals surface area contributed by atoms with Crippen LogP contribution in [0.25, 0.3) is 0 Å². The highest BCUT2D eigenvalue weighted by molar-refractivity contribution is 5.94. The Labute approximate surface area is 120 Å². The molecule has 0 aromatic carbocycles. The zero-order valence-electron chi connectivity index (χ0n) is 11.6. The van der Waals surface area contributed by atoms with E-state index in [0.717, 1.165) is 32.4 Å². The molecule has 1 aromatic heterocycles. The van der Waals surface area contributed by atoms with Gasteiger partial charge in [0.1, 0.15) is 0 Å². The van der Waals surface area contributed by atoms with Gasteiger partial charge in [0.15, 0.2) is 0 Å². The molecule has 1 amide bonds. The largest absolute Gasteiger partial charge is 0.334 e. The first-order chi connectivity index (χ1) is 8.63. The lowest BCUT2D eigenvalue weighted by atomic mass is 9.96. The Morgan fingerprint density at radius 1 is 1.58 bits per heavy atom. The van der Waals surface area contributed by atoms with Gasteiger partial charge in [-0.15, -0.1) is 12.4 Å². The molecule has 1 aliphatic heterocycles. The third-order valence-electron chi connectivity index (χ3n) is 3.62. The average Bonchev–Trinajstić information content (AvgIpc) is 2.86. The van der Waals surface area contributed by atoms with Crippen molar-refractivity contribution < 1.29 is 4.79 Å². The number of aromatic nitrogens is 2. The monoisotopic (exact) mass is 286 g/mol. The van der Waals surface area contributed by atoms with Crippen LogP contribution in [-0.4, -0.2) is 39.2 Å². The van der Waals surface area contributed by atoms with E-state index in [4.69, 9.17) is 5.73 Å². The highest BCUT2D eigenvalue weighted by atomic mass is 35.5. The number of likely N-dealkylation sites (tertiary alicyclic amines) is 1. The fraction of sp³-hybridized carbons (Fsp3) is 0.692. The SMILES string of the molecule is CCn1cc(C(=O)N2CCCCC2C(C)N)cn1.Cl. The first kappa shape index (κ1) is 16.0. The van der Waals surface area contributed by atoms with E-state index in [1.54, 1.807) is 10.9 Å². The maximum Gasteiger partial charge on any atom is 0.257 e. The smallest absolute Gasteiger partial charge is 0.257 e. The van der Waals surface area contributed by atoms with E-state index in [0.29, 0.717) is 5.56 Å². The highest BCUT2D eigenvalue weighted by Crippen LogP contribution is 2.21. The molecule has 6 heteroatoms. The van der Waals surface area contributed by atoms with Crippen LogP contribution < -0.4 is 5.73 Å². The van der Waals surface area contributed by atoms with Crippen LogP contribution in [0.15, 0.2) is 12.4 Å². The molecule has 0 bridgehead atoms. The number of nitrogens with zero attached hydrogens (tertiary/aromatic N) is 3. The molecule has 0 spiro atoms. The molecule has 2 N–H and O–H groups in total. The molecule has 2 rings (SSSR count). The van der Waals surface area contributed by atoms with Crippen molar-refractivity contribution in [3.05, 3.63) is 18.0 Å². The number of aryl methyl sites for hydroxylation is 1. The molecule has 0 radical (unpaired) electrons. The van der Waals surface area contributed by atoms with E-state index in [2.05, 4.69) is 5.10 Å². The van der Waals surface area contributed by atoms with Gasteiger partial charge in [0.05, 0.1) is 11.8 Å². The van der Waals surface area contributed by atoms with Gasteiger partial charge >= 0.3 is 0 Å². The quantitative estimate of drug-likeness (QED) is 0.919. The predicted octanol–water partition coefficient (Wildman–Crippen LogP) is 1.67. The van der Waals surface area contributed by atoms with E-state index >= 15 is 0 Å². The lowest BCUT2D eigenvalue weighted by molar-refractivity contribution is 0.0583. The third kappa shape index (κ3) is 3.48. The van der Waals surface area contributed by atoms with Crippen LogP contribution in [0.2, 0.25) is 0 Å². The molecule has 2 atom stereocenters. The summed E-state index contributed by atoms with van der Waals surface area (Å²) in [5.41, 5.74) is 6.66. The van der Waals surface area contributed by atoms with Gasteiger partial charge in [0, 0.05) is 31.4 Å². The van der Waals surface area contributed by atoms with Gasteiger partial charge in [-0.3, -0.25) is 9.48 Å².